The van der Waals surface area contributed by atoms with Crippen molar-refractivity contribution in [3.05, 3.63) is 70.2 Å². The van der Waals surface area contributed by atoms with Crippen LogP contribution in [0.5, 0.6) is 0 Å². The maximum Gasteiger partial charge on any atom is 0.251 e. The predicted octanol–water partition coefficient (Wildman–Crippen LogP) is 1.80. The number of nitrogens with two attached hydrogens (primary N) is 1. The van der Waals surface area contributed by atoms with Gasteiger partial charge in [0.15, 0.2) is 0 Å². The first kappa shape index (κ1) is 19.5. The van der Waals surface area contributed by atoms with Crippen molar-refractivity contribution in [3.63, 3.8) is 0 Å². The number of amides is 3. The third-order valence-corrected chi connectivity index (χ3v) is 3.89. The Hall–Kier alpha value is -2.86. The Morgan fingerprint density at radius 1 is 0.962 bits per heavy atom. The molecule has 4 N–H and O–H groups in total. The zero-order valence-electron chi connectivity index (χ0n) is 14.1. The highest BCUT2D eigenvalue weighted by Gasteiger charge is 2.07. The topological polar surface area (TPSA) is 101 Å². The molecular weight excluding hydrogens is 354 g/mol. The van der Waals surface area contributed by atoms with Gasteiger partial charge in [-0.05, 0) is 41.8 Å². The summed E-state index contributed by atoms with van der Waals surface area (Å²) in [6.45, 7) is 0.167. The van der Waals surface area contributed by atoms with E-state index in [0.29, 0.717) is 30.0 Å². The third kappa shape index (κ3) is 6.57. The Kier molecular flexibility index (Phi) is 7.17. The zero-order valence-corrected chi connectivity index (χ0v) is 14.9. The number of rotatable bonds is 8. The molecule has 0 saturated heterocycles. The Morgan fingerprint density at radius 3 is 2.35 bits per heavy atom. The van der Waals surface area contributed by atoms with Crippen molar-refractivity contribution in [2.45, 2.75) is 19.4 Å². The second-order valence-electron chi connectivity index (χ2n) is 5.75. The van der Waals surface area contributed by atoms with E-state index in [1.54, 1.807) is 30.3 Å². The van der Waals surface area contributed by atoms with E-state index in [1.807, 2.05) is 18.2 Å². The van der Waals surface area contributed by atoms with Crippen LogP contribution in [0.15, 0.2) is 48.5 Å². The van der Waals surface area contributed by atoms with Gasteiger partial charge >= 0.3 is 0 Å². The number of nitrogens with one attached hydrogen (secondary N) is 2. The summed E-state index contributed by atoms with van der Waals surface area (Å²) in [5.41, 5.74) is 7.28. The molecular formula is C19H20ClN3O3. The number of hydrogen-bond donors (Lipinski definition) is 3. The number of aryl methyl sites for hydroxylation is 1. The number of carbonyl (C=O) groups is 3. The van der Waals surface area contributed by atoms with Gasteiger partial charge in [0.25, 0.3) is 5.91 Å². The molecule has 0 unspecified atom stereocenters. The number of carbonyl (C=O) groups excluding carboxylic acids is 3. The van der Waals surface area contributed by atoms with Gasteiger partial charge in [0.2, 0.25) is 11.8 Å². The Bertz CT molecular complexity index is 791. The van der Waals surface area contributed by atoms with E-state index in [0.717, 1.165) is 11.1 Å². The van der Waals surface area contributed by atoms with Gasteiger partial charge in [-0.3, -0.25) is 14.4 Å². The molecule has 0 saturated carbocycles. The van der Waals surface area contributed by atoms with Gasteiger partial charge in [0.05, 0.1) is 6.54 Å². The summed E-state index contributed by atoms with van der Waals surface area (Å²) in [6.07, 6.45) is 0.985. The van der Waals surface area contributed by atoms with E-state index in [4.69, 9.17) is 17.3 Å². The summed E-state index contributed by atoms with van der Waals surface area (Å²) in [6, 6.07) is 14.2. The molecule has 0 fully saturated rings. The predicted molar refractivity (Wildman–Crippen MR) is 99.6 cm³/mol. The molecule has 0 aromatic heterocycles. The second kappa shape index (κ2) is 9.58. The quantitative estimate of drug-likeness (QED) is 0.657. The lowest BCUT2D eigenvalue weighted by Crippen LogP contribution is -2.33. The van der Waals surface area contributed by atoms with Crippen molar-refractivity contribution in [3.8, 4) is 0 Å². The van der Waals surface area contributed by atoms with Crippen LogP contribution in [-0.4, -0.2) is 24.3 Å². The Balaban J connectivity index is 1.77. The van der Waals surface area contributed by atoms with Crippen molar-refractivity contribution < 1.29 is 14.4 Å². The van der Waals surface area contributed by atoms with Crippen molar-refractivity contribution in [1.82, 2.24) is 10.6 Å². The summed E-state index contributed by atoms with van der Waals surface area (Å²) in [5.74, 6) is -1.04. The molecule has 6 nitrogen and oxygen atoms in total. The minimum absolute atomic E-state index is 0.0618. The van der Waals surface area contributed by atoms with Crippen LogP contribution in [0.25, 0.3) is 0 Å². The minimum Gasteiger partial charge on any atom is -0.368 e. The average Bonchev–Trinajstić information content (AvgIpc) is 2.63. The van der Waals surface area contributed by atoms with Crippen molar-refractivity contribution in [1.29, 1.82) is 0 Å². The number of hydrogen-bond acceptors (Lipinski definition) is 3. The smallest absolute Gasteiger partial charge is 0.251 e. The molecule has 0 radical (unpaired) electrons. The third-order valence-electron chi connectivity index (χ3n) is 3.66. The number of primary amides is 1. The molecule has 0 atom stereocenters. The summed E-state index contributed by atoms with van der Waals surface area (Å²) < 4.78 is 0. The normalized spacial score (nSPS) is 10.2. The molecule has 2 aromatic rings. The molecule has 7 heteroatoms. The first-order valence-corrected chi connectivity index (χ1v) is 8.48. The van der Waals surface area contributed by atoms with Crippen molar-refractivity contribution in [2.24, 2.45) is 5.73 Å². The van der Waals surface area contributed by atoms with Gasteiger partial charge in [-0.1, -0.05) is 35.9 Å². The lowest BCUT2D eigenvalue weighted by atomic mass is 10.1. The number of halogens is 1. The molecule has 136 valence electrons. The molecule has 0 heterocycles. The molecule has 0 bridgehead atoms. The van der Waals surface area contributed by atoms with E-state index in [1.165, 1.54) is 0 Å². The Morgan fingerprint density at radius 2 is 1.69 bits per heavy atom. The van der Waals surface area contributed by atoms with E-state index in [9.17, 15) is 14.4 Å². The zero-order chi connectivity index (χ0) is 18.9. The van der Waals surface area contributed by atoms with Gasteiger partial charge in [0, 0.05) is 23.6 Å². The fourth-order valence-corrected chi connectivity index (χ4v) is 2.50. The van der Waals surface area contributed by atoms with Crippen LogP contribution in [0.3, 0.4) is 0 Å². The van der Waals surface area contributed by atoms with Crippen LogP contribution < -0.4 is 16.4 Å². The molecule has 3 amide bonds. The Labute approximate surface area is 156 Å². The van der Waals surface area contributed by atoms with Crippen LogP contribution in [-0.2, 0) is 22.6 Å². The van der Waals surface area contributed by atoms with Gasteiger partial charge in [-0.15, -0.1) is 0 Å². The van der Waals surface area contributed by atoms with Gasteiger partial charge in [-0.2, -0.15) is 0 Å². The number of benzene rings is 2. The summed E-state index contributed by atoms with van der Waals surface area (Å²) in [4.78, 5) is 34.4. The SMILES string of the molecule is NC(=O)CNC(=O)c1ccc(CNC(=O)CCc2cccc(Cl)c2)cc1. The second-order valence-corrected chi connectivity index (χ2v) is 6.19. The van der Waals surface area contributed by atoms with Gasteiger partial charge in [-0.25, -0.2) is 0 Å². The average molecular weight is 374 g/mol. The first-order valence-electron chi connectivity index (χ1n) is 8.10. The van der Waals surface area contributed by atoms with E-state index in [2.05, 4.69) is 10.6 Å². The highest BCUT2D eigenvalue weighted by Crippen LogP contribution is 2.12. The van der Waals surface area contributed by atoms with Crippen LogP contribution >= 0.6 is 11.6 Å². The van der Waals surface area contributed by atoms with Crippen LogP contribution in [0.4, 0.5) is 0 Å². The van der Waals surface area contributed by atoms with Crippen LogP contribution in [0.2, 0.25) is 5.02 Å². The maximum atomic E-state index is 11.9. The standard InChI is InChI=1S/C19H20ClN3O3/c20-16-3-1-2-13(10-16)6-9-18(25)22-11-14-4-7-15(8-5-14)19(26)23-12-17(21)24/h1-5,7-8,10H,6,9,11-12H2,(H2,21,24)(H,22,25)(H,23,26). The van der Waals surface area contributed by atoms with E-state index >= 15 is 0 Å². The maximum absolute atomic E-state index is 11.9. The fourth-order valence-electron chi connectivity index (χ4n) is 2.28. The molecule has 0 aliphatic rings. The van der Waals surface area contributed by atoms with E-state index in [-0.39, 0.29) is 18.4 Å². The minimum atomic E-state index is -0.601. The highest BCUT2D eigenvalue weighted by molar-refractivity contribution is 6.30. The van der Waals surface area contributed by atoms with Crippen molar-refractivity contribution >= 4 is 29.3 Å². The molecule has 0 aliphatic carbocycles. The molecule has 2 aromatic carbocycles. The lowest BCUT2D eigenvalue weighted by molar-refractivity contribution is -0.121. The molecule has 26 heavy (non-hydrogen) atoms. The van der Waals surface area contributed by atoms with E-state index < -0.39 is 5.91 Å². The molecule has 0 aliphatic heterocycles. The highest BCUT2D eigenvalue weighted by atomic mass is 35.5. The van der Waals surface area contributed by atoms with Crippen molar-refractivity contribution in [2.75, 3.05) is 6.54 Å². The molecule has 0 spiro atoms. The van der Waals surface area contributed by atoms with Gasteiger partial charge < -0.3 is 16.4 Å². The lowest BCUT2D eigenvalue weighted by Gasteiger charge is -2.07. The first-order chi connectivity index (χ1) is 12.4. The molecule has 2 rings (SSSR count). The summed E-state index contributed by atoms with van der Waals surface area (Å²) in [5, 5.41) is 5.91. The van der Waals surface area contributed by atoms with Crippen LogP contribution in [0, 0.1) is 0 Å². The van der Waals surface area contributed by atoms with Crippen LogP contribution in [0.1, 0.15) is 27.9 Å². The van der Waals surface area contributed by atoms with Gasteiger partial charge in [0.1, 0.15) is 0 Å². The largest absolute Gasteiger partial charge is 0.368 e. The summed E-state index contributed by atoms with van der Waals surface area (Å²) >= 11 is 5.92. The fraction of sp³-hybridized carbons (Fsp3) is 0.211. The summed E-state index contributed by atoms with van der Waals surface area (Å²) in [7, 11) is 0. The monoisotopic (exact) mass is 373 g/mol.